The minimum Gasteiger partial charge on any atom is -0.314 e. The standard InChI is InChI=1S/C13H17ClF2N2/c14-11-1-2-12(13(15)16)10(9-11)3-6-18-7-4-17-5-8-18/h1-2,9,13,17H,3-8H2. The molecule has 0 unspecified atom stereocenters. The molecule has 1 aromatic rings. The Bertz CT molecular complexity index is 393. The molecule has 1 heterocycles. The molecule has 2 rings (SSSR count). The predicted octanol–water partition coefficient (Wildman–Crippen LogP) is 2.73. The molecule has 0 aromatic heterocycles. The third-order valence-electron chi connectivity index (χ3n) is 3.25. The summed E-state index contributed by atoms with van der Waals surface area (Å²) in [6, 6.07) is 4.61. The summed E-state index contributed by atoms with van der Waals surface area (Å²) in [5.74, 6) is 0. The third kappa shape index (κ3) is 3.64. The maximum absolute atomic E-state index is 12.9. The Labute approximate surface area is 111 Å². The summed E-state index contributed by atoms with van der Waals surface area (Å²) in [5, 5.41) is 3.79. The number of hydrogen-bond acceptors (Lipinski definition) is 2. The van der Waals surface area contributed by atoms with Gasteiger partial charge in [-0.05, 0) is 24.1 Å². The van der Waals surface area contributed by atoms with E-state index in [2.05, 4.69) is 10.2 Å². The van der Waals surface area contributed by atoms with Crippen LogP contribution in [0, 0.1) is 0 Å². The zero-order valence-electron chi connectivity index (χ0n) is 10.1. The molecule has 1 aliphatic heterocycles. The van der Waals surface area contributed by atoms with E-state index in [0.717, 1.165) is 32.7 Å². The lowest BCUT2D eigenvalue weighted by Gasteiger charge is -2.27. The Kier molecular flexibility index (Phi) is 4.92. The third-order valence-corrected chi connectivity index (χ3v) is 3.48. The first-order chi connectivity index (χ1) is 8.66. The van der Waals surface area contributed by atoms with E-state index < -0.39 is 6.43 Å². The number of nitrogens with one attached hydrogen (secondary N) is 1. The summed E-state index contributed by atoms with van der Waals surface area (Å²) >= 11 is 5.87. The number of alkyl halides is 2. The number of rotatable bonds is 4. The van der Waals surface area contributed by atoms with Gasteiger partial charge in [0.1, 0.15) is 0 Å². The maximum Gasteiger partial charge on any atom is 0.264 e. The van der Waals surface area contributed by atoms with Gasteiger partial charge in [-0.25, -0.2) is 8.78 Å². The van der Waals surface area contributed by atoms with Gasteiger partial charge in [-0.1, -0.05) is 17.7 Å². The van der Waals surface area contributed by atoms with Crippen molar-refractivity contribution in [2.75, 3.05) is 32.7 Å². The zero-order valence-corrected chi connectivity index (χ0v) is 10.9. The molecular weight excluding hydrogens is 258 g/mol. The van der Waals surface area contributed by atoms with Crippen molar-refractivity contribution in [3.8, 4) is 0 Å². The molecule has 100 valence electrons. The second-order valence-corrected chi connectivity index (χ2v) is 4.92. The highest BCUT2D eigenvalue weighted by atomic mass is 35.5. The van der Waals surface area contributed by atoms with Crippen LogP contribution in [-0.2, 0) is 6.42 Å². The lowest BCUT2D eigenvalue weighted by Crippen LogP contribution is -2.44. The topological polar surface area (TPSA) is 15.3 Å². The second kappa shape index (κ2) is 6.45. The molecule has 0 bridgehead atoms. The van der Waals surface area contributed by atoms with Crippen molar-refractivity contribution >= 4 is 11.6 Å². The van der Waals surface area contributed by atoms with Crippen LogP contribution in [0.15, 0.2) is 18.2 Å². The molecule has 1 N–H and O–H groups in total. The highest BCUT2D eigenvalue weighted by Gasteiger charge is 2.15. The molecule has 0 radical (unpaired) electrons. The van der Waals surface area contributed by atoms with E-state index in [0.29, 0.717) is 17.0 Å². The van der Waals surface area contributed by atoms with Crippen molar-refractivity contribution in [3.63, 3.8) is 0 Å². The van der Waals surface area contributed by atoms with Gasteiger partial charge in [-0.3, -0.25) is 0 Å². The number of benzene rings is 1. The fraction of sp³-hybridized carbons (Fsp3) is 0.538. The van der Waals surface area contributed by atoms with Gasteiger partial charge in [0.2, 0.25) is 0 Å². The summed E-state index contributed by atoms with van der Waals surface area (Å²) < 4.78 is 25.7. The van der Waals surface area contributed by atoms with Gasteiger partial charge in [0.05, 0.1) is 0 Å². The molecule has 1 aliphatic rings. The molecule has 5 heteroatoms. The lowest BCUT2D eigenvalue weighted by atomic mass is 10.0. The maximum atomic E-state index is 12.9. The number of halogens is 3. The van der Waals surface area contributed by atoms with E-state index in [1.165, 1.54) is 12.1 Å². The van der Waals surface area contributed by atoms with Crippen LogP contribution >= 0.6 is 11.6 Å². The minimum absolute atomic E-state index is 0.106. The monoisotopic (exact) mass is 274 g/mol. The van der Waals surface area contributed by atoms with Crippen molar-refractivity contribution in [1.82, 2.24) is 10.2 Å². The molecule has 0 aliphatic carbocycles. The van der Waals surface area contributed by atoms with E-state index in [-0.39, 0.29) is 5.56 Å². The Hall–Kier alpha value is -0.710. The predicted molar refractivity (Wildman–Crippen MR) is 69.4 cm³/mol. The molecule has 0 spiro atoms. The van der Waals surface area contributed by atoms with Crippen molar-refractivity contribution in [1.29, 1.82) is 0 Å². The minimum atomic E-state index is -2.43. The number of hydrogen-bond donors (Lipinski definition) is 1. The molecule has 1 aromatic carbocycles. The van der Waals surface area contributed by atoms with Crippen LogP contribution in [0.25, 0.3) is 0 Å². The number of piperazine rings is 1. The van der Waals surface area contributed by atoms with Crippen LogP contribution in [0.5, 0.6) is 0 Å². The first-order valence-electron chi connectivity index (χ1n) is 6.16. The Morgan fingerprint density at radius 3 is 2.67 bits per heavy atom. The van der Waals surface area contributed by atoms with Gasteiger partial charge in [-0.2, -0.15) is 0 Å². The smallest absolute Gasteiger partial charge is 0.264 e. The van der Waals surface area contributed by atoms with Crippen molar-refractivity contribution in [2.45, 2.75) is 12.8 Å². The van der Waals surface area contributed by atoms with Crippen molar-refractivity contribution in [3.05, 3.63) is 34.3 Å². The molecule has 2 nitrogen and oxygen atoms in total. The highest BCUT2D eigenvalue weighted by molar-refractivity contribution is 6.30. The largest absolute Gasteiger partial charge is 0.314 e. The van der Waals surface area contributed by atoms with E-state index in [1.807, 2.05) is 0 Å². The SMILES string of the molecule is FC(F)c1ccc(Cl)cc1CCN1CCNCC1. The Morgan fingerprint density at radius 2 is 2.00 bits per heavy atom. The summed E-state index contributed by atoms with van der Waals surface area (Å²) in [4.78, 5) is 2.28. The summed E-state index contributed by atoms with van der Waals surface area (Å²) in [7, 11) is 0. The van der Waals surface area contributed by atoms with Gasteiger partial charge in [0.25, 0.3) is 6.43 Å². The van der Waals surface area contributed by atoms with Gasteiger partial charge in [0, 0.05) is 43.3 Å². The molecule has 1 saturated heterocycles. The van der Waals surface area contributed by atoms with Crippen LogP contribution in [-0.4, -0.2) is 37.6 Å². The van der Waals surface area contributed by atoms with Crippen LogP contribution in [0.4, 0.5) is 8.78 Å². The lowest BCUT2D eigenvalue weighted by molar-refractivity contribution is 0.149. The van der Waals surface area contributed by atoms with Crippen LogP contribution in [0.3, 0.4) is 0 Å². The van der Waals surface area contributed by atoms with Gasteiger partial charge in [0.15, 0.2) is 0 Å². The first kappa shape index (κ1) is 13.7. The van der Waals surface area contributed by atoms with Crippen molar-refractivity contribution < 1.29 is 8.78 Å². The molecule has 0 saturated carbocycles. The van der Waals surface area contributed by atoms with E-state index in [9.17, 15) is 8.78 Å². The fourth-order valence-corrected chi connectivity index (χ4v) is 2.41. The van der Waals surface area contributed by atoms with Crippen molar-refractivity contribution in [2.24, 2.45) is 0 Å². The summed E-state index contributed by atoms with van der Waals surface area (Å²) in [5.41, 5.74) is 0.769. The average molecular weight is 275 g/mol. The van der Waals surface area contributed by atoms with Gasteiger partial charge >= 0.3 is 0 Å². The van der Waals surface area contributed by atoms with Crippen LogP contribution < -0.4 is 5.32 Å². The number of nitrogens with zero attached hydrogens (tertiary/aromatic N) is 1. The van der Waals surface area contributed by atoms with E-state index in [1.54, 1.807) is 6.07 Å². The molecule has 0 atom stereocenters. The normalized spacial score (nSPS) is 17.3. The quantitative estimate of drug-likeness (QED) is 0.908. The van der Waals surface area contributed by atoms with E-state index in [4.69, 9.17) is 11.6 Å². The summed E-state index contributed by atoms with van der Waals surface area (Å²) in [6.07, 6.45) is -1.81. The van der Waals surface area contributed by atoms with Crippen LogP contribution in [0.2, 0.25) is 5.02 Å². The Morgan fingerprint density at radius 1 is 1.28 bits per heavy atom. The molecular formula is C13H17ClF2N2. The second-order valence-electron chi connectivity index (χ2n) is 4.49. The molecule has 1 fully saturated rings. The Balaban J connectivity index is 2.00. The van der Waals surface area contributed by atoms with E-state index >= 15 is 0 Å². The highest BCUT2D eigenvalue weighted by Crippen LogP contribution is 2.26. The van der Waals surface area contributed by atoms with Gasteiger partial charge in [-0.15, -0.1) is 0 Å². The van der Waals surface area contributed by atoms with Crippen LogP contribution in [0.1, 0.15) is 17.6 Å². The fourth-order valence-electron chi connectivity index (χ4n) is 2.22. The molecule has 0 amide bonds. The van der Waals surface area contributed by atoms with Gasteiger partial charge < -0.3 is 10.2 Å². The first-order valence-corrected chi connectivity index (χ1v) is 6.54. The summed E-state index contributed by atoms with van der Waals surface area (Å²) in [6.45, 7) is 4.70. The average Bonchev–Trinajstić information content (AvgIpc) is 2.37. The zero-order chi connectivity index (χ0) is 13.0. The molecule has 18 heavy (non-hydrogen) atoms.